The Labute approximate surface area is 130 Å². The van der Waals surface area contributed by atoms with Crippen molar-refractivity contribution in [1.29, 1.82) is 0 Å². The van der Waals surface area contributed by atoms with E-state index in [1.807, 2.05) is 45.5 Å². The van der Waals surface area contributed by atoms with Crippen molar-refractivity contribution in [3.05, 3.63) is 52.9 Å². The van der Waals surface area contributed by atoms with E-state index in [4.69, 9.17) is 0 Å². The molecular formula is C16H20ClN3O. The van der Waals surface area contributed by atoms with Crippen molar-refractivity contribution in [2.24, 2.45) is 0 Å². The lowest BCUT2D eigenvalue weighted by Gasteiger charge is -2.20. The molecule has 112 valence electrons. The van der Waals surface area contributed by atoms with Crippen molar-refractivity contribution in [3.63, 3.8) is 0 Å². The summed E-state index contributed by atoms with van der Waals surface area (Å²) in [5, 5.41) is 0. The smallest absolute Gasteiger partial charge is 0.275 e. The summed E-state index contributed by atoms with van der Waals surface area (Å²) in [6.07, 6.45) is 1.95. The predicted molar refractivity (Wildman–Crippen MR) is 81.6 cm³/mol. The van der Waals surface area contributed by atoms with E-state index in [0.717, 1.165) is 23.1 Å². The zero-order valence-corrected chi connectivity index (χ0v) is 13.3. The molecule has 0 fully saturated rings. The molecule has 0 spiro atoms. The van der Waals surface area contributed by atoms with E-state index >= 15 is 0 Å². The van der Waals surface area contributed by atoms with Crippen molar-refractivity contribution in [1.82, 2.24) is 8.97 Å². The van der Waals surface area contributed by atoms with Crippen molar-refractivity contribution in [2.75, 3.05) is 20.6 Å². The molecule has 4 nitrogen and oxygen atoms in total. The Morgan fingerprint density at radius 1 is 1.05 bits per heavy atom. The minimum Gasteiger partial charge on any atom is -1.00 e. The minimum atomic E-state index is 0. The van der Waals surface area contributed by atoms with Gasteiger partial charge in [-0.25, -0.2) is 0 Å². The number of hydrogen-bond donors (Lipinski definition) is 1. The summed E-state index contributed by atoms with van der Waals surface area (Å²) in [5.74, 6) is 0. The fourth-order valence-corrected chi connectivity index (χ4v) is 2.99. The zero-order chi connectivity index (χ0) is 14.3. The lowest BCUT2D eigenvalue weighted by atomic mass is 10.2. The Kier molecular flexibility index (Phi) is 4.40. The van der Waals surface area contributed by atoms with Gasteiger partial charge in [-0.3, -0.25) is 9.36 Å². The maximum atomic E-state index is 12.8. The Hall–Kier alpha value is -1.78. The predicted octanol–water partition coefficient (Wildman–Crippen LogP) is -2.04. The molecule has 0 amide bonds. The third-order valence-electron chi connectivity index (χ3n) is 3.73. The molecule has 0 saturated heterocycles. The first-order valence-corrected chi connectivity index (χ1v) is 6.99. The van der Waals surface area contributed by atoms with E-state index in [1.54, 1.807) is 0 Å². The molecular weight excluding hydrogens is 286 g/mol. The average molecular weight is 306 g/mol. The van der Waals surface area contributed by atoms with Crippen LogP contribution >= 0.6 is 0 Å². The fraction of sp³-hybridized carbons (Fsp3) is 0.312. The van der Waals surface area contributed by atoms with Gasteiger partial charge < -0.3 is 21.7 Å². The van der Waals surface area contributed by atoms with Gasteiger partial charge in [0.15, 0.2) is 0 Å². The fourth-order valence-electron chi connectivity index (χ4n) is 2.99. The number of rotatable bonds is 3. The SMILES string of the molecule is CC(C[NH+](C)C)n1c(=O)c2cccn2c2ccccc21.[Cl-]. The van der Waals surface area contributed by atoms with Crippen LogP contribution in [0.25, 0.3) is 16.6 Å². The molecule has 0 saturated carbocycles. The highest BCUT2D eigenvalue weighted by molar-refractivity contribution is 5.79. The third kappa shape index (κ3) is 2.57. The summed E-state index contributed by atoms with van der Waals surface area (Å²) in [6.45, 7) is 3.03. The molecule has 1 atom stereocenters. The second kappa shape index (κ2) is 5.92. The number of halogens is 1. The Morgan fingerprint density at radius 2 is 1.67 bits per heavy atom. The summed E-state index contributed by atoms with van der Waals surface area (Å²) >= 11 is 0. The highest BCUT2D eigenvalue weighted by Crippen LogP contribution is 2.17. The maximum Gasteiger partial charge on any atom is 0.275 e. The van der Waals surface area contributed by atoms with Gasteiger partial charge in [-0.15, -0.1) is 0 Å². The molecule has 0 aliphatic heterocycles. The highest BCUT2D eigenvalue weighted by atomic mass is 35.5. The van der Waals surface area contributed by atoms with Crippen molar-refractivity contribution in [2.45, 2.75) is 13.0 Å². The molecule has 0 bridgehead atoms. The molecule has 3 aromatic rings. The molecule has 1 aromatic carbocycles. The van der Waals surface area contributed by atoms with Gasteiger partial charge in [0, 0.05) is 6.20 Å². The largest absolute Gasteiger partial charge is 1.00 e. The average Bonchev–Trinajstić information content (AvgIpc) is 2.88. The van der Waals surface area contributed by atoms with E-state index in [-0.39, 0.29) is 24.0 Å². The summed E-state index contributed by atoms with van der Waals surface area (Å²) in [6, 6.07) is 12.1. The number of nitrogens with zero attached hydrogens (tertiary/aromatic N) is 2. The number of hydrogen-bond acceptors (Lipinski definition) is 1. The van der Waals surface area contributed by atoms with Gasteiger partial charge in [0.2, 0.25) is 0 Å². The highest BCUT2D eigenvalue weighted by Gasteiger charge is 2.16. The molecule has 1 N–H and O–H groups in total. The molecule has 3 rings (SSSR count). The molecule has 5 heteroatoms. The summed E-state index contributed by atoms with van der Waals surface area (Å²) in [4.78, 5) is 14.1. The quantitative estimate of drug-likeness (QED) is 0.594. The number of para-hydroxylation sites is 2. The van der Waals surface area contributed by atoms with Crippen LogP contribution in [0.5, 0.6) is 0 Å². The molecule has 0 radical (unpaired) electrons. The first-order chi connectivity index (χ1) is 9.59. The monoisotopic (exact) mass is 305 g/mol. The van der Waals surface area contributed by atoms with Gasteiger partial charge in [-0.2, -0.15) is 0 Å². The molecule has 0 aliphatic rings. The molecule has 2 heterocycles. The van der Waals surface area contributed by atoms with Crippen LogP contribution in [-0.2, 0) is 0 Å². The van der Waals surface area contributed by atoms with Crippen molar-refractivity contribution >= 4 is 16.6 Å². The van der Waals surface area contributed by atoms with Gasteiger partial charge in [-0.05, 0) is 31.2 Å². The summed E-state index contributed by atoms with van der Waals surface area (Å²) in [5.41, 5.74) is 2.90. The van der Waals surface area contributed by atoms with Crippen LogP contribution < -0.4 is 22.9 Å². The molecule has 0 aliphatic carbocycles. The first-order valence-electron chi connectivity index (χ1n) is 6.99. The number of benzene rings is 1. The lowest BCUT2D eigenvalue weighted by Crippen LogP contribution is -3.06. The summed E-state index contributed by atoms with van der Waals surface area (Å²) < 4.78 is 3.90. The van der Waals surface area contributed by atoms with Crippen LogP contribution in [0, 0.1) is 0 Å². The first kappa shape index (κ1) is 15.6. The number of fused-ring (bicyclic) bond motifs is 3. The van der Waals surface area contributed by atoms with Gasteiger partial charge in [-0.1, -0.05) is 12.1 Å². The van der Waals surface area contributed by atoms with E-state index in [2.05, 4.69) is 27.1 Å². The number of quaternary nitrogens is 1. The van der Waals surface area contributed by atoms with Crippen LogP contribution in [0.15, 0.2) is 47.4 Å². The van der Waals surface area contributed by atoms with Gasteiger partial charge >= 0.3 is 0 Å². The Morgan fingerprint density at radius 3 is 2.33 bits per heavy atom. The second-order valence-electron chi connectivity index (χ2n) is 5.69. The van der Waals surface area contributed by atoms with Gasteiger partial charge in [0.1, 0.15) is 5.52 Å². The normalized spacial score (nSPS) is 12.8. The van der Waals surface area contributed by atoms with Crippen molar-refractivity contribution < 1.29 is 17.3 Å². The lowest BCUT2D eigenvalue weighted by molar-refractivity contribution is -0.860. The van der Waals surface area contributed by atoms with Gasteiger partial charge in [0.25, 0.3) is 5.56 Å². The second-order valence-corrected chi connectivity index (χ2v) is 5.69. The van der Waals surface area contributed by atoms with Crippen LogP contribution in [0.2, 0.25) is 0 Å². The van der Waals surface area contributed by atoms with Gasteiger partial charge in [0.05, 0.1) is 37.7 Å². The number of likely N-dealkylation sites (N-methyl/N-ethyl adjacent to an activating group) is 1. The molecule has 2 aromatic heterocycles. The summed E-state index contributed by atoms with van der Waals surface area (Å²) in [7, 11) is 4.22. The Bertz CT molecular complexity index is 819. The third-order valence-corrected chi connectivity index (χ3v) is 3.73. The minimum absolute atomic E-state index is 0. The topological polar surface area (TPSA) is 30.9 Å². The van der Waals surface area contributed by atoms with Crippen LogP contribution in [0.4, 0.5) is 0 Å². The molecule has 21 heavy (non-hydrogen) atoms. The standard InChI is InChI=1S/C16H19N3O.ClH/c1-12(11-17(2)3)19-14-8-5-4-7-13(14)18-10-6-9-15(18)16(19)20;/h4-10,12H,11H2,1-3H3;1H. The number of nitrogens with one attached hydrogen (secondary N) is 1. The van der Waals surface area contributed by atoms with E-state index in [9.17, 15) is 4.79 Å². The number of aromatic nitrogens is 2. The maximum absolute atomic E-state index is 12.8. The van der Waals surface area contributed by atoms with Crippen LogP contribution in [0.1, 0.15) is 13.0 Å². The van der Waals surface area contributed by atoms with E-state index < -0.39 is 0 Å². The van der Waals surface area contributed by atoms with Crippen molar-refractivity contribution in [3.8, 4) is 0 Å². The Balaban J connectivity index is 0.00000161. The zero-order valence-electron chi connectivity index (χ0n) is 12.5. The van der Waals surface area contributed by atoms with Crippen LogP contribution in [0.3, 0.4) is 0 Å². The van der Waals surface area contributed by atoms with E-state index in [1.165, 1.54) is 4.90 Å². The van der Waals surface area contributed by atoms with Crippen LogP contribution in [-0.4, -0.2) is 29.6 Å². The van der Waals surface area contributed by atoms with E-state index in [0.29, 0.717) is 0 Å². The molecule has 1 unspecified atom stereocenters.